The van der Waals surface area contributed by atoms with Gasteiger partial charge in [-0.2, -0.15) is 13.2 Å². The standard InChI is InChI=1S/C15H17F4NO4/c1-2-23-8-7-14(22,15(17,18)19)10-20-13(21)9-24-12-6-4-3-5-11(12)16/h3-8,22H,2,9-10H2,1H3,(H,20,21)/t14-/m1/s1. The zero-order valence-corrected chi connectivity index (χ0v) is 12.8. The number of amides is 1. The van der Waals surface area contributed by atoms with Crippen LogP contribution in [-0.2, 0) is 9.53 Å². The molecule has 1 amide bonds. The molecule has 0 heterocycles. The van der Waals surface area contributed by atoms with Crippen LogP contribution < -0.4 is 10.1 Å². The van der Waals surface area contributed by atoms with Gasteiger partial charge < -0.3 is 19.9 Å². The average molecular weight is 351 g/mol. The molecule has 1 rings (SSSR count). The van der Waals surface area contributed by atoms with Gasteiger partial charge in [0.25, 0.3) is 5.91 Å². The van der Waals surface area contributed by atoms with Gasteiger partial charge in [0.15, 0.2) is 23.8 Å². The van der Waals surface area contributed by atoms with E-state index >= 15 is 0 Å². The van der Waals surface area contributed by atoms with Crippen molar-refractivity contribution in [1.82, 2.24) is 5.32 Å². The average Bonchev–Trinajstić information content (AvgIpc) is 2.51. The van der Waals surface area contributed by atoms with E-state index in [2.05, 4.69) is 4.74 Å². The summed E-state index contributed by atoms with van der Waals surface area (Å²) in [5, 5.41) is 11.5. The summed E-state index contributed by atoms with van der Waals surface area (Å²) in [6, 6.07) is 5.25. The first-order valence-electron chi connectivity index (χ1n) is 6.92. The van der Waals surface area contributed by atoms with Crippen molar-refractivity contribution in [2.45, 2.75) is 18.7 Å². The molecule has 9 heteroatoms. The Labute approximate surface area is 135 Å². The lowest BCUT2D eigenvalue weighted by molar-refractivity contribution is -0.237. The third-order valence-corrected chi connectivity index (χ3v) is 2.85. The van der Waals surface area contributed by atoms with E-state index in [9.17, 15) is 27.5 Å². The number of rotatable bonds is 8. The second-order valence-electron chi connectivity index (χ2n) is 4.68. The van der Waals surface area contributed by atoms with Crippen molar-refractivity contribution in [3.63, 3.8) is 0 Å². The molecule has 0 saturated heterocycles. The lowest BCUT2D eigenvalue weighted by Crippen LogP contribution is -2.52. The lowest BCUT2D eigenvalue weighted by Gasteiger charge is -2.27. The third-order valence-electron chi connectivity index (χ3n) is 2.85. The van der Waals surface area contributed by atoms with Crippen LogP contribution in [0.15, 0.2) is 36.6 Å². The lowest BCUT2D eigenvalue weighted by atomic mass is 10.0. The molecular weight excluding hydrogens is 334 g/mol. The SMILES string of the molecule is CCOC=C[C@@](O)(CNC(=O)COc1ccccc1F)C(F)(F)F. The van der Waals surface area contributed by atoms with Crippen molar-refractivity contribution in [3.8, 4) is 5.75 Å². The Bertz CT molecular complexity index is 577. The number of nitrogens with one attached hydrogen (secondary N) is 1. The molecule has 0 aliphatic heterocycles. The molecule has 0 unspecified atom stereocenters. The number of halogens is 4. The summed E-state index contributed by atoms with van der Waals surface area (Å²) in [4.78, 5) is 11.5. The van der Waals surface area contributed by atoms with Crippen molar-refractivity contribution in [2.75, 3.05) is 19.8 Å². The number of alkyl halides is 3. The molecule has 1 aromatic carbocycles. The summed E-state index contributed by atoms with van der Waals surface area (Å²) in [5.41, 5.74) is -3.30. The molecule has 5 nitrogen and oxygen atoms in total. The molecule has 0 aliphatic rings. The molecule has 2 N–H and O–H groups in total. The van der Waals surface area contributed by atoms with Crippen LogP contribution in [0.5, 0.6) is 5.75 Å². The summed E-state index contributed by atoms with van der Waals surface area (Å²) >= 11 is 0. The molecule has 0 aromatic heterocycles. The smallest absolute Gasteiger partial charge is 0.422 e. The quantitative estimate of drug-likeness (QED) is 0.556. The van der Waals surface area contributed by atoms with Crippen LogP contribution in [0, 0.1) is 5.82 Å². The van der Waals surface area contributed by atoms with Gasteiger partial charge in [-0.3, -0.25) is 4.79 Å². The number of para-hydroxylation sites is 1. The Kier molecular flexibility index (Phi) is 7.02. The number of carbonyl (C=O) groups is 1. The first kappa shape index (κ1) is 19.8. The van der Waals surface area contributed by atoms with Crippen molar-refractivity contribution in [2.24, 2.45) is 0 Å². The van der Waals surface area contributed by atoms with Gasteiger partial charge in [0, 0.05) is 0 Å². The molecule has 134 valence electrons. The van der Waals surface area contributed by atoms with E-state index in [4.69, 9.17) is 4.74 Å². The maximum atomic E-state index is 13.3. The van der Waals surface area contributed by atoms with Crippen LogP contribution in [-0.4, -0.2) is 42.5 Å². The number of aliphatic hydroxyl groups is 1. The van der Waals surface area contributed by atoms with Crippen LogP contribution in [0.2, 0.25) is 0 Å². The highest BCUT2D eigenvalue weighted by atomic mass is 19.4. The molecule has 1 aromatic rings. The van der Waals surface area contributed by atoms with Gasteiger partial charge >= 0.3 is 6.18 Å². The first-order chi connectivity index (χ1) is 11.2. The molecule has 0 radical (unpaired) electrons. The molecule has 0 bridgehead atoms. The van der Waals surface area contributed by atoms with Crippen LogP contribution >= 0.6 is 0 Å². The Morgan fingerprint density at radius 3 is 2.58 bits per heavy atom. The van der Waals surface area contributed by atoms with E-state index in [-0.39, 0.29) is 12.4 Å². The Morgan fingerprint density at radius 1 is 1.33 bits per heavy atom. The predicted molar refractivity (Wildman–Crippen MR) is 76.7 cm³/mol. The van der Waals surface area contributed by atoms with E-state index < -0.39 is 36.7 Å². The minimum absolute atomic E-state index is 0.118. The van der Waals surface area contributed by atoms with Gasteiger partial charge in [-0.25, -0.2) is 4.39 Å². The van der Waals surface area contributed by atoms with Crippen molar-refractivity contribution in [3.05, 3.63) is 42.4 Å². The van der Waals surface area contributed by atoms with Crippen molar-refractivity contribution < 1.29 is 36.9 Å². The normalized spacial score (nSPS) is 14.2. The maximum absolute atomic E-state index is 13.3. The van der Waals surface area contributed by atoms with Gasteiger partial charge in [-0.15, -0.1) is 0 Å². The molecule has 0 spiro atoms. The van der Waals surface area contributed by atoms with Crippen LogP contribution in [0.4, 0.5) is 17.6 Å². The summed E-state index contributed by atoms with van der Waals surface area (Å²) in [7, 11) is 0. The molecule has 0 saturated carbocycles. The number of hydrogen-bond acceptors (Lipinski definition) is 4. The second-order valence-corrected chi connectivity index (χ2v) is 4.68. The van der Waals surface area contributed by atoms with Gasteiger partial charge in [-0.05, 0) is 25.1 Å². The highest BCUT2D eigenvalue weighted by Gasteiger charge is 2.52. The van der Waals surface area contributed by atoms with Gasteiger partial charge in [0.05, 0.1) is 19.4 Å². The fraction of sp³-hybridized carbons (Fsp3) is 0.400. The largest absolute Gasteiger partial charge is 0.502 e. The van der Waals surface area contributed by atoms with Crippen molar-refractivity contribution in [1.29, 1.82) is 0 Å². The molecule has 0 fully saturated rings. The minimum atomic E-state index is -5.03. The number of ether oxygens (including phenoxy) is 2. The topological polar surface area (TPSA) is 67.8 Å². The molecule has 0 aliphatic carbocycles. The van der Waals surface area contributed by atoms with E-state index in [0.29, 0.717) is 12.3 Å². The molecule has 24 heavy (non-hydrogen) atoms. The van der Waals surface area contributed by atoms with E-state index in [1.807, 2.05) is 5.32 Å². The summed E-state index contributed by atoms with van der Waals surface area (Å²) in [6.45, 7) is -0.171. The van der Waals surface area contributed by atoms with Crippen LogP contribution in [0.3, 0.4) is 0 Å². The third kappa shape index (κ3) is 5.73. The first-order valence-corrected chi connectivity index (χ1v) is 6.92. The van der Waals surface area contributed by atoms with E-state index in [0.717, 1.165) is 6.07 Å². The minimum Gasteiger partial charge on any atom is -0.502 e. The van der Waals surface area contributed by atoms with Crippen LogP contribution in [0.1, 0.15) is 6.92 Å². The molecular formula is C15H17F4NO4. The monoisotopic (exact) mass is 351 g/mol. The second kappa shape index (κ2) is 8.53. The van der Waals surface area contributed by atoms with E-state index in [1.54, 1.807) is 6.92 Å². The van der Waals surface area contributed by atoms with Gasteiger partial charge in [0.2, 0.25) is 0 Å². The maximum Gasteiger partial charge on any atom is 0.422 e. The number of carbonyl (C=O) groups excluding carboxylic acids is 1. The summed E-state index contributed by atoms with van der Waals surface area (Å²) < 4.78 is 61.5. The Morgan fingerprint density at radius 2 is 2.00 bits per heavy atom. The fourth-order valence-corrected chi connectivity index (χ4v) is 1.50. The predicted octanol–water partition coefficient (Wildman–Crippen LogP) is 2.16. The zero-order valence-electron chi connectivity index (χ0n) is 12.8. The van der Waals surface area contributed by atoms with Crippen LogP contribution in [0.25, 0.3) is 0 Å². The summed E-state index contributed by atoms with van der Waals surface area (Å²) in [5.74, 6) is -1.88. The fourth-order valence-electron chi connectivity index (χ4n) is 1.50. The number of hydrogen-bond donors (Lipinski definition) is 2. The van der Waals surface area contributed by atoms with Crippen molar-refractivity contribution >= 4 is 5.91 Å². The number of benzene rings is 1. The summed E-state index contributed by atoms with van der Waals surface area (Å²) in [6.07, 6.45) is -3.93. The van der Waals surface area contributed by atoms with E-state index in [1.165, 1.54) is 18.2 Å². The Hall–Kier alpha value is -2.29. The zero-order chi connectivity index (χ0) is 18.2. The Balaban J connectivity index is 2.60. The van der Waals surface area contributed by atoms with Gasteiger partial charge in [-0.1, -0.05) is 12.1 Å². The highest BCUT2D eigenvalue weighted by molar-refractivity contribution is 5.77. The molecule has 1 atom stereocenters. The van der Waals surface area contributed by atoms with Gasteiger partial charge in [0.1, 0.15) is 0 Å². The highest BCUT2D eigenvalue weighted by Crippen LogP contribution is 2.31.